The van der Waals surface area contributed by atoms with Crippen molar-refractivity contribution in [1.29, 1.82) is 5.26 Å². The van der Waals surface area contributed by atoms with Crippen molar-refractivity contribution in [2.24, 2.45) is 0 Å². The Balaban J connectivity index is 1.66. The molecule has 1 fully saturated rings. The summed E-state index contributed by atoms with van der Waals surface area (Å²) in [6, 6.07) is 9.28. The molecular formula is C22H27N3O5. The van der Waals surface area contributed by atoms with Crippen LogP contribution in [0.4, 0.5) is 5.69 Å². The third-order valence-corrected chi connectivity index (χ3v) is 5.84. The summed E-state index contributed by atoms with van der Waals surface area (Å²) in [5, 5.41) is 9.68. The second-order valence-electron chi connectivity index (χ2n) is 7.78. The van der Waals surface area contributed by atoms with Gasteiger partial charge in [0.1, 0.15) is 17.8 Å². The Morgan fingerprint density at radius 3 is 2.70 bits per heavy atom. The molecule has 1 atom stereocenters. The van der Waals surface area contributed by atoms with Gasteiger partial charge in [-0.3, -0.25) is 19.3 Å². The van der Waals surface area contributed by atoms with Crippen LogP contribution in [0.2, 0.25) is 0 Å². The van der Waals surface area contributed by atoms with Crippen molar-refractivity contribution in [3.05, 3.63) is 24.3 Å². The Hall–Kier alpha value is -3.08. The van der Waals surface area contributed by atoms with Gasteiger partial charge in [0.05, 0.1) is 24.8 Å². The number of nitriles is 1. The summed E-state index contributed by atoms with van der Waals surface area (Å²) in [6.45, 7) is 1.41. The molecule has 2 aliphatic rings. The first-order valence-corrected chi connectivity index (χ1v) is 10.3. The number of hydrogen-bond donors (Lipinski definition) is 0. The standard InChI is InChI=1S/C22H27N3O5/c1-16(21(28)24(2)22(15-23)11-6-3-7-12-22)30-20(27)14-25-17-8-4-5-9-18(17)29-13-10-19(25)26/h4-5,8-9,16H,3,6-7,10-14H2,1-2H3/t16-/m0/s1. The number of nitrogens with zero attached hydrogens (tertiary/aromatic N) is 3. The van der Waals surface area contributed by atoms with Crippen LogP contribution in [0.25, 0.3) is 0 Å². The maximum atomic E-state index is 12.8. The number of fused-ring (bicyclic) bond motifs is 1. The third-order valence-electron chi connectivity index (χ3n) is 5.84. The summed E-state index contributed by atoms with van der Waals surface area (Å²) in [6.07, 6.45) is 3.14. The van der Waals surface area contributed by atoms with Crippen molar-refractivity contribution in [1.82, 2.24) is 4.90 Å². The number of anilines is 1. The Morgan fingerprint density at radius 2 is 2.00 bits per heavy atom. The highest BCUT2D eigenvalue weighted by molar-refractivity contribution is 5.99. The number of amides is 2. The van der Waals surface area contributed by atoms with E-state index in [0.29, 0.717) is 24.3 Å². The molecular weight excluding hydrogens is 386 g/mol. The molecule has 1 aliphatic carbocycles. The molecule has 2 amide bonds. The molecule has 160 valence electrons. The first-order chi connectivity index (χ1) is 14.4. The van der Waals surface area contributed by atoms with Crippen molar-refractivity contribution in [3.8, 4) is 11.8 Å². The molecule has 1 heterocycles. The fraction of sp³-hybridized carbons (Fsp3) is 0.545. The van der Waals surface area contributed by atoms with E-state index in [-0.39, 0.29) is 25.5 Å². The largest absolute Gasteiger partial charge is 0.491 e. The monoisotopic (exact) mass is 413 g/mol. The van der Waals surface area contributed by atoms with E-state index >= 15 is 0 Å². The molecule has 1 aliphatic heterocycles. The van der Waals surface area contributed by atoms with Crippen LogP contribution in [0, 0.1) is 11.3 Å². The van der Waals surface area contributed by atoms with Gasteiger partial charge in [0.15, 0.2) is 6.10 Å². The number of esters is 1. The van der Waals surface area contributed by atoms with Crippen LogP contribution >= 0.6 is 0 Å². The van der Waals surface area contributed by atoms with Crippen molar-refractivity contribution in [2.45, 2.75) is 57.1 Å². The lowest BCUT2D eigenvalue weighted by molar-refractivity contribution is -0.160. The number of carbonyl (C=O) groups is 3. The van der Waals surface area contributed by atoms with Crippen molar-refractivity contribution in [2.75, 3.05) is 25.1 Å². The van der Waals surface area contributed by atoms with E-state index in [4.69, 9.17) is 9.47 Å². The predicted octanol–water partition coefficient (Wildman–Crippen LogP) is 2.42. The maximum Gasteiger partial charge on any atom is 0.326 e. The van der Waals surface area contributed by atoms with E-state index in [2.05, 4.69) is 6.07 Å². The maximum absolute atomic E-state index is 12.8. The van der Waals surface area contributed by atoms with Crippen LogP contribution < -0.4 is 9.64 Å². The average molecular weight is 413 g/mol. The zero-order chi connectivity index (χ0) is 21.7. The van der Waals surface area contributed by atoms with Gasteiger partial charge in [-0.15, -0.1) is 0 Å². The molecule has 1 saturated carbocycles. The van der Waals surface area contributed by atoms with Gasteiger partial charge >= 0.3 is 5.97 Å². The molecule has 0 spiro atoms. The topological polar surface area (TPSA) is 99.9 Å². The van der Waals surface area contributed by atoms with Gasteiger partial charge < -0.3 is 14.4 Å². The van der Waals surface area contributed by atoms with Gasteiger partial charge in [-0.2, -0.15) is 5.26 Å². The normalized spacial score (nSPS) is 18.8. The van der Waals surface area contributed by atoms with Crippen LogP contribution in [0.5, 0.6) is 5.75 Å². The first kappa shape index (κ1) is 21.6. The van der Waals surface area contributed by atoms with Gasteiger partial charge in [-0.25, -0.2) is 0 Å². The van der Waals surface area contributed by atoms with Crippen molar-refractivity contribution in [3.63, 3.8) is 0 Å². The molecule has 30 heavy (non-hydrogen) atoms. The minimum atomic E-state index is -1.05. The SMILES string of the molecule is C[C@H](OC(=O)CN1C(=O)CCOc2ccccc21)C(=O)N(C)C1(C#N)CCCCC1. The number of likely N-dealkylation sites (N-methyl/N-ethyl adjacent to an activating group) is 1. The summed E-state index contributed by atoms with van der Waals surface area (Å²) in [5.74, 6) is -0.839. The van der Waals surface area contributed by atoms with Crippen molar-refractivity contribution >= 4 is 23.5 Å². The molecule has 1 aromatic carbocycles. The first-order valence-electron chi connectivity index (χ1n) is 10.3. The highest BCUT2D eigenvalue weighted by atomic mass is 16.5. The van der Waals surface area contributed by atoms with Crippen LogP contribution in [0.3, 0.4) is 0 Å². The second kappa shape index (κ2) is 9.16. The molecule has 0 unspecified atom stereocenters. The summed E-state index contributed by atoms with van der Waals surface area (Å²) < 4.78 is 10.9. The number of carbonyl (C=O) groups excluding carboxylic acids is 3. The van der Waals surface area contributed by atoms with Crippen molar-refractivity contribution < 1.29 is 23.9 Å². The predicted molar refractivity (Wildman–Crippen MR) is 109 cm³/mol. The van der Waals surface area contributed by atoms with E-state index in [1.165, 1.54) is 16.7 Å². The number of hydrogen-bond acceptors (Lipinski definition) is 6. The van der Waals surface area contributed by atoms with Crippen LogP contribution in [-0.2, 0) is 19.1 Å². The fourth-order valence-corrected chi connectivity index (χ4v) is 4.05. The van der Waals surface area contributed by atoms with Crippen LogP contribution in [0.1, 0.15) is 45.4 Å². The number of para-hydroxylation sites is 2. The van der Waals surface area contributed by atoms with E-state index in [0.717, 1.165) is 19.3 Å². The van der Waals surface area contributed by atoms with Crippen LogP contribution in [0.15, 0.2) is 24.3 Å². The molecule has 8 nitrogen and oxygen atoms in total. The lowest BCUT2D eigenvalue weighted by atomic mass is 9.81. The van der Waals surface area contributed by atoms with Gasteiger partial charge in [0.2, 0.25) is 5.91 Å². The Kier molecular flexibility index (Phi) is 6.60. The van der Waals surface area contributed by atoms with Gasteiger partial charge in [-0.05, 0) is 31.9 Å². The Bertz CT molecular complexity index is 857. The Labute approximate surface area is 176 Å². The molecule has 3 rings (SSSR count). The van der Waals surface area contributed by atoms with Gasteiger partial charge in [0.25, 0.3) is 5.91 Å². The molecule has 1 aromatic rings. The molecule has 8 heteroatoms. The van der Waals surface area contributed by atoms with Crippen LogP contribution in [-0.4, -0.2) is 54.5 Å². The second-order valence-corrected chi connectivity index (χ2v) is 7.78. The Morgan fingerprint density at radius 1 is 1.30 bits per heavy atom. The van der Waals surface area contributed by atoms with E-state index in [9.17, 15) is 19.6 Å². The summed E-state index contributed by atoms with van der Waals surface area (Å²) >= 11 is 0. The number of benzene rings is 1. The lowest BCUT2D eigenvalue weighted by Crippen LogP contribution is -2.53. The zero-order valence-corrected chi connectivity index (χ0v) is 17.4. The molecule has 0 radical (unpaired) electrons. The van der Waals surface area contributed by atoms with E-state index in [1.54, 1.807) is 31.3 Å². The number of ether oxygens (including phenoxy) is 2. The third kappa shape index (κ3) is 4.40. The molecule has 0 saturated heterocycles. The molecule has 0 N–H and O–H groups in total. The number of rotatable bonds is 5. The molecule has 0 aromatic heterocycles. The lowest BCUT2D eigenvalue weighted by Gasteiger charge is -2.39. The fourth-order valence-electron chi connectivity index (χ4n) is 4.05. The smallest absolute Gasteiger partial charge is 0.326 e. The van der Waals surface area contributed by atoms with E-state index in [1.807, 2.05) is 0 Å². The zero-order valence-electron chi connectivity index (χ0n) is 17.4. The summed E-state index contributed by atoms with van der Waals surface area (Å²) in [7, 11) is 1.59. The molecule has 0 bridgehead atoms. The summed E-state index contributed by atoms with van der Waals surface area (Å²) in [5.41, 5.74) is -0.355. The minimum absolute atomic E-state index is 0.143. The quantitative estimate of drug-likeness (QED) is 0.688. The van der Waals surface area contributed by atoms with E-state index < -0.39 is 23.5 Å². The van der Waals surface area contributed by atoms with Gasteiger partial charge in [0, 0.05) is 7.05 Å². The minimum Gasteiger partial charge on any atom is -0.491 e. The average Bonchev–Trinajstić information content (AvgIpc) is 2.92. The van der Waals surface area contributed by atoms with Gasteiger partial charge in [-0.1, -0.05) is 31.4 Å². The highest BCUT2D eigenvalue weighted by Gasteiger charge is 2.41. The highest BCUT2D eigenvalue weighted by Crippen LogP contribution is 2.33. The summed E-state index contributed by atoms with van der Waals surface area (Å²) in [4.78, 5) is 40.6.